The van der Waals surface area contributed by atoms with Crippen molar-refractivity contribution in [3.63, 3.8) is 0 Å². The summed E-state index contributed by atoms with van der Waals surface area (Å²) in [5.41, 5.74) is 2.70. The average Bonchev–Trinajstić information content (AvgIpc) is 2.88. The number of nitrogens with zero attached hydrogens (tertiary/aromatic N) is 2. The second kappa shape index (κ2) is 5.72. The minimum atomic E-state index is 0.587. The van der Waals surface area contributed by atoms with Gasteiger partial charge in [0.15, 0.2) is 0 Å². The zero-order chi connectivity index (χ0) is 13.1. The van der Waals surface area contributed by atoms with Crippen molar-refractivity contribution in [1.82, 2.24) is 9.88 Å². The molecule has 0 aliphatic carbocycles. The summed E-state index contributed by atoms with van der Waals surface area (Å²) in [6.45, 7) is 3.30. The van der Waals surface area contributed by atoms with Gasteiger partial charge in [-0.3, -0.25) is 4.90 Å². The monoisotopic (exact) mass is 272 g/mol. The van der Waals surface area contributed by atoms with Crippen LogP contribution >= 0.6 is 11.6 Å². The fourth-order valence-electron chi connectivity index (χ4n) is 2.76. The third-order valence-electron chi connectivity index (χ3n) is 3.74. The molecule has 1 aromatic carbocycles. The lowest BCUT2D eigenvalue weighted by molar-refractivity contribution is 0.327. The molecule has 0 bridgehead atoms. The van der Waals surface area contributed by atoms with Gasteiger partial charge in [-0.2, -0.15) is 0 Å². The van der Waals surface area contributed by atoms with Gasteiger partial charge in [0.1, 0.15) is 5.15 Å². The second-order valence-electron chi connectivity index (χ2n) is 5.12. The molecule has 0 amide bonds. The zero-order valence-electron chi connectivity index (χ0n) is 10.8. The van der Waals surface area contributed by atoms with Crippen LogP contribution in [0.3, 0.4) is 0 Å². The Kier molecular flexibility index (Phi) is 3.81. The highest BCUT2D eigenvalue weighted by Crippen LogP contribution is 2.28. The first-order valence-corrected chi connectivity index (χ1v) is 7.07. The van der Waals surface area contributed by atoms with Gasteiger partial charge >= 0.3 is 0 Å². The van der Waals surface area contributed by atoms with Crippen LogP contribution in [-0.4, -0.2) is 23.0 Å². The van der Waals surface area contributed by atoms with Crippen LogP contribution < -0.4 is 0 Å². The third-order valence-corrected chi connectivity index (χ3v) is 3.95. The van der Waals surface area contributed by atoms with E-state index in [0.29, 0.717) is 11.1 Å². The molecule has 1 saturated heterocycles. The van der Waals surface area contributed by atoms with E-state index < -0.39 is 0 Å². The van der Waals surface area contributed by atoms with Crippen molar-refractivity contribution in [3.8, 4) is 0 Å². The Morgan fingerprint density at radius 1 is 1.21 bits per heavy atom. The number of rotatable bonds is 3. The van der Waals surface area contributed by atoms with Crippen LogP contribution in [0.1, 0.15) is 23.5 Å². The molecule has 2 nitrogen and oxygen atoms in total. The topological polar surface area (TPSA) is 16.1 Å². The maximum Gasteiger partial charge on any atom is 0.129 e. The summed E-state index contributed by atoms with van der Waals surface area (Å²) in [6.07, 6.45) is 3.00. The van der Waals surface area contributed by atoms with Crippen molar-refractivity contribution in [1.29, 1.82) is 0 Å². The first-order valence-electron chi connectivity index (χ1n) is 6.69. The van der Waals surface area contributed by atoms with Gasteiger partial charge in [0.25, 0.3) is 0 Å². The van der Waals surface area contributed by atoms with Gasteiger partial charge in [0.2, 0.25) is 0 Å². The van der Waals surface area contributed by atoms with Crippen molar-refractivity contribution in [2.45, 2.75) is 18.9 Å². The number of likely N-dealkylation sites (tertiary alicyclic amines) is 1. The van der Waals surface area contributed by atoms with E-state index in [4.69, 9.17) is 11.6 Å². The molecule has 98 valence electrons. The Bertz CT molecular complexity index is 541. The van der Waals surface area contributed by atoms with Crippen LogP contribution in [-0.2, 0) is 6.54 Å². The van der Waals surface area contributed by atoms with Crippen LogP contribution in [0.5, 0.6) is 0 Å². The lowest BCUT2D eigenvalue weighted by Crippen LogP contribution is -2.19. The quantitative estimate of drug-likeness (QED) is 0.792. The summed E-state index contributed by atoms with van der Waals surface area (Å²) in [6, 6.07) is 14.7. The average molecular weight is 273 g/mol. The van der Waals surface area contributed by atoms with Crippen molar-refractivity contribution in [2.75, 3.05) is 13.1 Å². The molecule has 0 radical (unpaired) electrons. The van der Waals surface area contributed by atoms with Gasteiger partial charge < -0.3 is 0 Å². The summed E-state index contributed by atoms with van der Waals surface area (Å²) in [4.78, 5) is 6.56. The summed E-state index contributed by atoms with van der Waals surface area (Å²) >= 11 is 5.96. The summed E-state index contributed by atoms with van der Waals surface area (Å²) in [5, 5.41) is 0.596. The third kappa shape index (κ3) is 3.14. The minimum Gasteiger partial charge on any atom is -0.298 e. The number of pyridine rings is 1. The molecule has 1 fully saturated rings. The highest BCUT2D eigenvalue weighted by Gasteiger charge is 2.23. The van der Waals surface area contributed by atoms with Crippen LogP contribution in [0.2, 0.25) is 5.15 Å². The highest BCUT2D eigenvalue weighted by atomic mass is 35.5. The molecule has 3 heteroatoms. The molecule has 0 N–H and O–H groups in total. The van der Waals surface area contributed by atoms with Crippen LogP contribution in [0.4, 0.5) is 0 Å². The largest absolute Gasteiger partial charge is 0.298 e. The van der Waals surface area contributed by atoms with Gasteiger partial charge in [-0.15, -0.1) is 0 Å². The van der Waals surface area contributed by atoms with Crippen molar-refractivity contribution >= 4 is 11.6 Å². The zero-order valence-corrected chi connectivity index (χ0v) is 11.6. The molecule has 19 heavy (non-hydrogen) atoms. The Hall–Kier alpha value is -1.38. The fraction of sp³-hybridized carbons (Fsp3) is 0.312. The van der Waals surface area contributed by atoms with Crippen molar-refractivity contribution < 1.29 is 0 Å². The SMILES string of the molecule is Clc1cc(C2CCN(Cc3ccccc3)C2)ccn1. The smallest absolute Gasteiger partial charge is 0.129 e. The number of hydrogen-bond acceptors (Lipinski definition) is 2. The maximum absolute atomic E-state index is 5.96. The second-order valence-corrected chi connectivity index (χ2v) is 5.51. The van der Waals surface area contributed by atoms with Gasteiger partial charge in [0, 0.05) is 19.3 Å². The number of benzene rings is 1. The first-order chi connectivity index (χ1) is 9.31. The molecular weight excluding hydrogens is 256 g/mol. The van der Waals surface area contributed by atoms with Crippen LogP contribution in [0.25, 0.3) is 0 Å². The molecule has 2 heterocycles. The van der Waals surface area contributed by atoms with Crippen LogP contribution in [0, 0.1) is 0 Å². The molecule has 2 aromatic rings. The predicted octanol–water partition coefficient (Wildman–Crippen LogP) is 3.72. The van der Waals surface area contributed by atoms with Crippen molar-refractivity contribution in [2.24, 2.45) is 0 Å². The first kappa shape index (κ1) is 12.6. The standard InChI is InChI=1S/C16H17ClN2/c17-16-10-14(6-8-18-16)15-7-9-19(12-15)11-13-4-2-1-3-5-13/h1-6,8,10,15H,7,9,11-12H2. The molecule has 0 spiro atoms. The number of hydrogen-bond donors (Lipinski definition) is 0. The normalized spacial score (nSPS) is 19.7. The van der Waals surface area contributed by atoms with Gasteiger partial charge in [-0.1, -0.05) is 41.9 Å². The Balaban J connectivity index is 1.64. The van der Waals surface area contributed by atoms with E-state index in [1.165, 1.54) is 17.5 Å². The van der Waals surface area contributed by atoms with Crippen LogP contribution in [0.15, 0.2) is 48.7 Å². The molecular formula is C16H17ClN2. The fourth-order valence-corrected chi connectivity index (χ4v) is 2.94. The Labute approximate surface area is 119 Å². The lowest BCUT2D eigenvalue weighted by Gasteiger charge is -2.16. The summed E-state index contributed by atoms with van der Waals surface area (Å²) in [7, 11) is 0. The van der Waals surface area contributed by atoms with E-state index in [0.717, 1.165) is 19.6 Å². The molecule has 1 aromatic heterocycles. The minimum absolute atomic E-state index is 0.587. The molecule has 1 unspecified atom stereocenters. The van der Waals surface area contributed by atoms with E-state index in [2.05, 4.69) is 46.3 Å². The van der Waals surface area contributed by atoms with E-state index >= 15 is 0 Å². The van der Waals surface area contributed by atoms with Crippen molar-refractivity contribution in [3.05, 3.63) is 64.9 Å². The predicted molar refractivity (Wildman–Crippen MR) is 78.3 cm³/mol. The Morgan fingerprint density at radius 3 is 2.84 bits per heavy atom. The van der Waals surface area contributed by atoms with E-state index in [1.54, 1.807) is 6.20 Å². The highest BCUT2D eigenvalue weighted by molar-refractivity contribution is 6.29. The summed E-state index contributed by atoms with van der Waals surface area (Å²) in [5.74, 6) is 0.587. The van der Waals surface area contributed by atoms with E-state index in [1.807, 2.05) is 6.07 Å². The summed E-state index contributed by atoms with van der Waals surface area (Å²) < 4.78 is 0. The number of aromatic nitrogens is 1. The molecule has 1 atom stereocenters. The molecule has 1 aliphatic rings. The maximum atomic E-state index is 5.96. The molecule has 3 rings (SSSR count). The molecule has 0 saturated carbocycles. The number of halogens is 1. The van der Waals surface area contributed by atoms with E-state index in [9.17, 15) is 0 Å². The lowest BCUT2D eigenvalue weighted by atomic mass is 10.00. The van der Waals surface area contributed by atoms with E-state index in [-0.39, 0.29) is 0 Å². The van der Waals surface area contributed by atoms with Gasteiger partial charge in [-0.05, 0) is 42.1 Å². The van der Waals surface area contributed by atoms with Gasteiger partial charge in [0.05, 0.1) is 0 Å². The molecule has 1 aliphatic heterocycles. The Morgan fingerprint density at radius 2 is 2.05 bits per heavy atom. The van der Waals surface area contributed by atoms with Gasteiger partial charge in [-0.25, -0.2) is 4.98 Å².